The third-order valence-corrected chi connectivity index (χ3v) is 7.28. The molecule has 0 fully saturated rings. The Morgan fingerprint density at radius 2 is 1.65 bits per heavy atom. The van der Waals surface area contributed by atoms with Gasteiger partial charge in [-0.25, -0.2) is 9.80 Å². The Kier molecular flexibility index (Phi) is 6.80. The number of benzene rings is 3. The fourth-order valence-corrected chi connectivity index (χ4v) is 5.40. The number of allylic oxidation sites excluding steroid dienone is 1. The van der Waals surface area contributed by atoms with Crippen molar-refractivity contribution in [3.63, 3.8) is 0 Å². The first kappa shape index (κ1) is 25.1. The normalized spacial score (nSPS) is 21.2. The van der Waals surface area contributed by atoms with E-state index in [2.05, 4.69) is 5.32 Å². The van der Waals surface area contributed by atoms with Crippen molar-refractivity contribution in [2.24, 2.45) is 5.10 Å². The van der Waals surface area contributed by atoms with E-state index in [-0.39, 0.29) is 18.9 Å². The summed E-state index contributed by atoms with van der Waals surface area (Å²) in [5, 5.41) is 10.8. The van der Waals surface area contributed by atoms with Crippen molar-refractivity contribution in [1.29, 1.82) is 0 Å². The van der Waals surface area contributed by atoms with Crippen LogP contribution in [0.4, 0.5) is 5.69 Å². The molecule has 0 bridgehead atoms. The van der Waals surface area contributed by atoms with Gasteiger partial charge in [-0.15, -0.1) is 0 Å². The first-order valence-electron chi connectivity index (χ1n) is 12.0. The molecule has 1 N–H and O–H groups in total. The van der Waals surface area contributed by atoms with E-state index in [4.69, 9.17) is 33.0 Å². The zero-order valence-electron chi connectivity index (χ0n) is 20.4. The molecule has 0 unspecified atom stereocenters. The molecule has 3 aromatic rings. The summed E-state index contributed by atoms with van der Waals surface area (Å²) in [4.78, 5) is 27.6. The molecule has 1 amide bonds. The molecule has 5 rings (SSSR count). The number of carbonyl (C=O) groups is 2. The molecule has 0 radical (unpaired) electrons. The van der Waals surface area contributed by atoms with Crippen molar-refractivity contribution in [3.8, 4) is 0 Å². The highest BCUT2D eigenvalue weighted by Gasteiger charge is 2.60. The molecule has 0 aliphatic carbocycles. The number of nitrogens with one attached hydrogen (secondary N) is 1. The van der Waals surface area contributed by atoms with Gasteiger partial charge < -0.3 is 10.1 Å². The predicted octanol–water partition coefficient (Wildman–Crippen LogP) is 6.10. The maximum absolute atomic E-state index is 14.2. The van der Waals surface area contributed by atoms with Crippen LogP contribution in [0.2, 0.25) is 10.0 Å². The van der Waals surface area contributed by atoms with E-state index >= 15 is 0 Å². The molecule has 37 heavy (non-hydrogen) atoms. The lowest BCUT2D eigenvalue weighted by molar-refractivity contribution is -0.139. The maximum atomic E-state index is 14.2. The number of carbonyl (C=O) groups excluding carboxylic acids is 2. The van der Waals surface area contributed by atoms with Gasteiger partial charge in [-0.05, 0) is 61.4 Å². The van der Waals surface area contributed by atoms with Crippen LogP contribution in [0.3, 0.4) is 0 Å². The van der Waals surface area contributed by atoms with E-state index in [1.165, 1.54) is 0 Å². The van der Waals surface area contributed by atoms with Crippen LogP contribution in [0.1, 0.15) is 37.3 Å². The zero-order chi connectivity index (χ0) is 26.2. The van der Waals surface area contributed by atoms with E-state index in [0.29, 0.717) is 27.0 Å². The van der Waals surface area contributed by atoms with Gasteiger partial charge in [-0.3, -0.25) is 4.79 Å². The maximum Gasteiger partial charge on any atom is 0.336 e. The fraction of sp³-hybridized carbons (Fsp3) is 0.207. The van der Waals surface area contributed by atoms with Crippen LogP contribution in [0.25, 0.3) is 0 Å². The SMILES string of the molecule is CCOC(=O)C1=C(C)NC(=O)[C@@]2(CC(c3ccccc3)=NN2c2ccc(Cl)cc2)[C@H]1c1ccc(Cl)cc1. The quantitative estimate of drug-likeness (QED) is 0.402. The van der Waals surface area contributed by atoms with Gasteiger partial charge >= 0.3 is 5.97 Å². The minimum absolute atomic E-state index is 0.205. The average Bonchev–Trinajstić information content (AvgIpc) is 3.29. The van der Waals surface area contributed by atoms with Crippen LogP contribution >= 0.6 is 23.2 Å². The highest BCUT2D eigenvalue weighted by molar-refractivity contribution is 6.31. The second-order valence-corrected chi connectivity index (χ2v) is 9.87. The molecule has 1 spiro atoms. The zero-order valence-corrected chi connectivity index (χ0v) is 21.9. The van der Waals surface area contributed by atoms with Gasteiger partial charge in [0, 0.05) is 22.2 Å². The molecule has 2 heterocycles. The summed E-state index contributed by atoms with van der Waals surface area (Å²) in [6.45, 7) is 3.69. The minimum Gasteiger partial charge on any atom is -0.463 e. The molecule has 3 aromatic carbocycles. The van der Waals surface area contributed by atoms with Crippen LogP contribution in [-0.2, 0) is 14.3 Å². The molecule has 2 atom stereocenters. The van der Waals surface area contributed by atoms with E-state index in [1.54, 1.807) is 43.1 Å². The molecular weight excluding hydrogens is 509 g/mol. The van der Waals surface area contributed by atoms with Crippen LogP contribution < -0.4 is 10.3 Å². The lowest BCUT2D eigenvalue weighted by Crippen LogP contribution is -2.62. The summed E-state index contributed by atoms with van der Waals surface area (Å²) in [7, 11) is 0. The third kappa shape index (κ3) is 4.41. The Balaban J connectivity index is 1.77. The number of nitrogens with zero attached hydrogens (tertiary/aromatic N) is 2. The first-order chi connectivity index (χ1) is 17.8. The van der Waals surface area contributed by atoms with E-state index in [0.717, 1.165) is 16.8 Å². The molecule has 0 saturated heterocycles. The number of hydrazone groups is 1. The Hall–Kier alpha value is -3.61. The lowest BCUT2D eigenvalue weighted by atomic mass is 9.68. The van der Waals surface area contributed by atoms with Crippen LogP contribution in [0, 0.1) is 0 Å². The molecule has 2 aliphatic rings. The Morgan fingerprint density at radius 1 is 1.03 bits per heavy atom. The second kappa shape index (κ2) is 10.0. The predicted molar refractivity (Wildman–Crippen MR) is 146 cm³/mol. The topological polar surface area (TPSA) is 71.0 Å². The summed E-state index contributed by atoms with van der Waals surface area (Å²) < 4.78 is 5.49. The van der Waals surface area contributed by atoms with Crippen LogP contribution in [0.15, 0.2) is 95.2 Å². The van der Waals surface area contributed by atoms with Crippen molar-refractivity contribution >= 4 is 46.5 Å². The van der Waals surface area contributed by atoms with Crippen molar-refractivity contribution in [2.75, 3.05) is 11.6 Å². The van der Waals surface area contributed by atoms with Gasteiger partial charge in [0.05, 0.1) is 29.5 Å². The number of ether oxygens (including phenoxy) is 1. The van der Waals surface area contributed by atoms with E-state index in [1.807, 2.05) is 54.6 Å². The van der Waals surface area contributed by atoms with E-state index in [9.17, 15) is 9.59 Å². The van der Waals surface area contributed by atoms with Gasteiger partial charge in [0.2, 0.25) is 0 Å². The van der Waals surface area contributed by atoms with Crippen molar-refractivity contribution in [1.82, 2.24) is 5.32 Å². The molecule has 188 valence electrons. The standard InChI is InChI=1S/C29H25Cl2N3O3/c1-3-37-27(35)25-18(2)32-28(36)29(26(25)20-9-11-21(30)12-10-20)17-24(19-7-5-4-6-8-19)33-34(29)23-15-13-22(31)14-16-23/h4-16,26H,3,17H2,1-2H3,(H,32,36)/t26-,29+/m0/s1. The first-order valence-corrected chi connectivity index (χ1v) is 12.7. The fourth-order valence-electron chi connectivity index (χ4n) is 5.15. The van der Waals surface area contributed by atoms with Gasteiger partial charge in [0.15, 0.2) is 5.54 Å². The van der Waals surface area contributed by atoms with Gasteiger partial charge in [-0.1, -0.05) is 65.7 Å². The van der Waals surface area contributed by atoms with Gasteiger partial charge in [0.25, 0.3) is 5.91 Å². The van der Waals surface area contributed by atoms with Crippen molar-refractivity contribution < 1.29 is 14.3 Å². The second-order valence-electron chi connectivity index (χ2n) is 9.00. The largest absolute Gasteiger partial charge is 0.463 e. The Morgan fingerprint density at radius 3 is 2.27 bits per heavy atom. The number of halogens is 2. The summed E-state index contributed by atoms with van der Waals surface area (Å²) >= 11 is 12.4. The third-order valence-electron chi connectivity index (χ3n) is 6.78. The smallest absolute Gasteiger partial charge is 0.336 e. The van der Waals surface area contributed by atoms with Crippen molar-refractivity contribution in [3.05, 3.63) is 111 Å². The average molecular weight is 534 g/mol. The van der Waals surface area contributed by atoms with E-state index < -0.39 is 17.4 Å². The number of hydrogen-bond acceptors (Lipinski definition) is 5. The molecule has 2 aliphatic heterocycles. The highest BCUT2D eigenvalue weighted by atomic mass is 35.5. The van der Waals surface area contributed by atoms with Gasteiger partial charge in [-0.2, -0.15) is 5.10 Å². The summed E-state index contributed by atoms with van der Waals surface area (Å²) in [6, 6.07) is 24.1. The number of hydrogen-bond donors (Lipinski definition) is 1. The van der Waals surface area contributed by atoms with Crippen molar-refractivity contribution in [2.45, 2.75) is 31.7 Å². The Bertz CT molecular complexity index is 1400. The summed E-state index contributed by atoms with van der Waals surface area (Å²) in [5.41, 5.74) is 2.59. The van der Waals surface area contributed by atoms with Crippen LogP contribution in [0.5, 0.6) is 0 Å². The number of amides is 1. The summed E-state index contributed by atoms with van der Waals surface area (Å²) in [5.74, 6) is -1.44. The minimum atomic E-state index is -1.30. The molecule has 0 saturated carbocycles. The number of esters is 1. The van der Waals surface area contributed by atoms with Gasteiger partial charge in [0.1, 0.15) is 0 Å². The number of anilines is 1. The monoisotopic (exact) mass is 533 g/mol. The molecule has 6 nitrogen and oxygen atoms in total. The number of rotatable bonds is 5. The molecule has 0 aromatic heterocycles. The molecule has 8 heteroatoms. The lowest BCUT2D eigenvalue weighted by Gasteiger charge is -2.46. The molecular formula is C29H25Cl2N3O3. The van der Waals surface area contributed by atoms with Crippen LogP contribution in [-0.4, -0.2) is 29.7 Å². The Labute approximate surface area is 225 Å². The highest BCUT2D eigenvalue weighted by Crippen LogP contribution is 2.50. The summed E-state index contributed by atoms with van der Waals surface area (Å²) in [6.07, 6.45) is 0.259.